The second-order valence-corrected chi connectivity index (χ2v) is 18.7. The topological polar surface area (TPSA) is 16.4 Å². The number of para-hydroxylation sites is 1. The highest BCUT2D eigenvalue weighted by Gasteiger charge is 2.51. The molecule has 1 heterocycles. The van der Waals surface area contributed by atoms with Gasteiger partial charge in [-0.25, -0.2) is 0 Å². The van der Waals surface area contributed by atoms with Crippen LogP contribution in [-0.2, 0) is 10.8 Å². The van der Waals surface area contributed by atoms with Gasteiger partial charge < -0.3 is 9.32 Å². The van der Waals surface area contributed by atoms with Crippen molar-refractivity contribution in [1.82, 2.24) is 0 Å². The van der Waals surface area contributed by atoms with Crippen molar-refractivity contribution in [1.29, 1.82) is 0 Å². The molecule has 0 N–H and O–H groups in total. The summed E-state index contributed by atoms with van der Waals surface area (Å²) in [5, 5.41) is 2.31. The maximum absolute atomic E-state index is 6.63. The molecule has 0 bridgehead atoms. The zero-order valence-corrected chi connectivity index (χ0v) is 36.7. The molecule has 0 saturated heterocycles. The summed E-state index contributed by atoms with van der Waals surface area (Å²) in [6, 6.07) is 83.5. The Balaban J connectivity index is 1.08. The molecule has 0 saturated carbocycles. The van der Waals surface area contributed by atoms with Gasteiger partial charge in [-0.15, -0.1) is 0 Å². The van der Waals surface area contributed by atoms with E-state index < -0.39 is 5.41 Å². The van der Waals surface area contributed by atoms with Crippen LogP contribution in [0.4, 0.5) is 17.1 Å². The van der Waals surface area contributed by atoms with Crippen LogP contribution in [0.2, 0.25) is 0 Å². The van der Waals surface area contributed by atoms with Gasteiger partial charge in [-0.2, -0.15) is 0 Å². The van der Waals surface area contributed by atoms with E-state index in [1.165, 1.54) is 94.4 Å². The van der Waals surface area contributed by atoms with Gasteiger partial charge in [0.25, 0.3) is 0 Å². The quantitative estimate of drug-likeness (QED) is 0.176. The van der Waals surface area contributed by atoms with E-state index in [4.69, 9.17) is 4.42 Å². The number of rotatable bonds is 4. The highest BCUT2D eigenvalue weighted by atomic mass is 16.3. The average Bonchev–Trinajstić information content (AvgIpc) is 3.95. The first-order chi connectivity index (χ1) is 32.5. The van der Waals surface area contributed by atoms with Crippen molar-refractivity contribution in [2.24, 2.45) is 0 Å². The van der Waals surface area contributed by atoms with Gasteiger partial charge in [0.15, 0.2) is 0 Å². The van der Waals surface area contributed by atoms with Crippen LogP contribution in [0, 0.1) is 0 Å². The van der Waals surface area contributed by atoms with Crippen LogP contribution < -0.4 is 4.90 Å². The fraction of sp³-hybridized carbons (Fsp3) is 0.0625. The molecule has 0 amide bonds. The third-order valence-electron chi connectivity index (χ3n) is 15.1. The van der Waals surface area contributed by atoms with Crippen LogP contribution in [0.15, 0.2) is 229 Å². The molecule has 0 radical (unpaired) electrons. The van der Waals surface area contributed by atoms with Crippen LogP contribution in [-0.4, -0.2) is 0 Å². The summed E-state index contributed by atoms with van der Waals surface area (Å²) < 4.78 is 6.63. The van der Waals surface area contributed by atoms with Crippen LogP contribution >= 0.6 is 0 Å². The van der Waals surface area contributed by atoms with E-state index in [1.807, 2.05) is 0 Å². The minimum Gasteiger partial charge on any atom is -0.456 e. The summed E-state index contributed by atoms with van der Waals surface area (Å²) in [5.74, 6) is 0. The summed E-state index contributed by atoms with van der Waals surface area (Å²) in [5.41, 5.74) is 24.6. The predicted molar refractivity (Wildman–Crippen MR) is 273 cm³/mol. The summed E-state index contributed by atoms with van der Waals surface area (Å²) in [7, 11) is 0. The number of anilines is 3. The molecule has 10 aromatic carbocycles. The summed E-state index contributed by atoms with van der Waals surface area (Å²) in [6.45, 7) is 4.74. The molecule has 1 spiro atoms. The molecule has 11 aromatic rings. The minimum absolute atomic E-state index is 0.157. The molecule has 0 aliphatic heterocycles. The normalized spacial score (nSPS) is 15.6. The van der Waals surface area contributed by atoms with E-state index in [0.717, 1.165) is 33.6 Å². The molecule has 1 unspecified atom stereocenters. The van der Waals surface area contributed by atoms with Crippen LogP contribution in [0.3, 0.4) is 0 Å². The summed E-state index contributed by atoms with van der Waals surface area (Å²) >= 11 is 0. The van der Waals surface area contributed by atoms with E-state index in [1.54, 1.807) is 0 Å². The van der Waals surface area contributed by atoms with Gasteiger partial charge >= 0.3 is 0 Å². The van der Waals surface area contributed by atoms with Crippen LogP contribution in [0.1, 0.15) is 47.2 Å². The fourth-order valence-corrected chi connectivity index (χ4v) is 12.2. The Morgan fingerprint density at radius 1 is 0.333 bits per heavy atom. The molecule has 66 heavy (non-hydrogen) atoms. The standard InChI is InChI=1S/C64H43NO/c1-63(2)53-24-12-8-21-48(53)50-35-33-43(38-57(50)63)65(42-30-28-41(29-31-42)40-16-4-3-5-17-40)44-32-34-49-46-19-7-6-18-45(46)47-20-9-13-25-54(47)64(58(49)39-44)55-26-14-10-22-51(55)61-56(64)36-37-60-62(61)52-23-11-15-27-59(52)66-60/h3-39H,1-2H3. The molecule has 2 heteroatoms. The number of furan rings is 1. The molecule has 3 aliphatic carbocycles. The lowest BCUT2D eigenvalue weighted by Crippen LogP contribution is -2.29. The van der Waals surface area contributed by atoms with E-state index in [2.05, 4.69) is 243 Å². The lowest BCUT2D eigenvalue weighted by atomic mass is 9.65. The Morgan fingerprint density at radius 2 is 0.833 bits per heavy atom. The summed E-state index contributed by atoms with van der Waals surface area (Å²) in [6.07, 6.45) is 0. The zero-order chi connectivity index (χ0) is 43.7. The third-order valence-corrected chi connectivity index (χ3v) is 15.1. The molecule has 3 aliphatic rings. The van der Waals surface area contributed by atoms with Gasteiger partial charge in [0.2, 0.25) is 0 Å². The van der Waals surface area contributed by atoms with Gasteiger partial charge in [0.1, 0.15) is 11.2 Å². The third kappa shape index (κ3) is 4.96. The number of hydrogen-bond acceptors (Lipinski definition) is 2. The Kier molecular flexibility index (Phi) is 7.70. The number of nitrogens with zero attached hydrogens (tertiary/aromatic N) is 1. The monoisotopic (exact) mass is 841 g/mol. The second-order valence-electron chi connectivity index (χ2n) is 18.7. The highest BCUT2D eigenvalue weighted by Crippen LogP contribution is 2.64. The minimum atomic E-state index is -0.677. The SMILES string of the molecule is CC1(C)c2ccccc2-c2ccc(N(c3ccc(-c4ccccc4)cc3)c3ccc4c(c3)C3(c5ccccc5-c5ccccc5-4)c4ccccc4-c4c3ccc3oc5ccccc5c43)cc21. The number of hydrogen-bond donors (Lipinski definition) is 0. The molecule has 14 rings (SSSR count). The Bertz CT molecular complexity index is 3800. The molecule has 1 atom stereocenters. The van der Waals surface area contributed by atoms with Gasteiger partial charge in [0.05, 0.1) is 5.41 Å². The average molecular weight is 842 g/mol. The van der Waals surface area contributed by atoms with Crippen molar-refractivity contribution in [3.8, 4) is 55.6 Å². The zero-order valence-electron chi connectivity index (χ0n) is 36.7. The van der Waals surface area contributed by atoms with Crippen LogP contribution in [0.25, 0.3) is 77.6 Å². The van der Waals surface area contributed by atoms with Crippen molar-refractivity contribution in [3.05, 3.63) is 258 Å². The fourth-order valence-electron chi connectivity index (χ4n) is 12.2. The first kappa shape index (κ1) is 37.2. The second kappa shape index (κ2) is 13.7. The Hall–Kier alpha value is -8.20. The van der Waals surface area contributed by atoms with Crippen molar-refractivity contribution < 1.29 is 4.42 Å². The van der Waals surface area contributed by atoms with Crippen molar-refractivity contribution in [3.63, 3.8) is 0 Å². The van der Waals surface area contributed by atoms with E-state index >= 15 is 0 Å². The number of fused-ring (bicyclic) bond motifs is 19. The van der Waals surface area contributed by atoms with Gasteiger partial charge in [-0.3, -0.25) is 0 Å². The van der Waals surface area contributed by atoms with E-state index in [9.17, 15) is 0 Å². The molecular weight excluding hydrogens is 799 g/mol. The molecular formula is C64H43NO. The van der Waals surface area contributed by atoms with Gasteiger partial charge in [-0.1, -0.05) is 190 Å². The van der Waals surface area contributed by atoms with Gasteiger partial charge in [0, 0.05) is 33.2 Å². The molecule has 310 valence electrons. The lowest BCUT2D eigenvalue weighted by Gasteiger charge is -2.36. The van der Waals surface area contributed by atoms with Crippen molar-refractivity contribution in [2.75, 3.05) is 4.90 Å². The van der Waals surface area contributed by atoms with E-state index in [-0.39, 0.29) is 5.41 Å². The predicted octanol–water partition coefficient (Wildman–Crippen LogP) is 17.0. The van der Waals surface area contributed by atoms with Crippen molar-refractivity contribution >= 4 is 39.0 Å². The van der Waals surface area contributed by atoms with Gasteiger partial charge in [-0.05, 0) is 138 Å². The maximum atomic E-state index is 6.63. The lowest BCUT2D eigenvalue weighted by molar-refractivity contribution is 0.660. The Labute approximate surface area is 384 Å². The highest BCUT2D eigenvalue weighted by molar-refractivity contribution is 6.16. The van der Waals surface area contributed by atoms with Crippen molar-refractivity contribution in [2.45, 2.75) is 24.7 Å². The van der Waals surface area contributed by atoms with Crippen LogP contribution in [0.5, 0.6) is 0 Å². The maximum Gasteiger partial charge on any atom is 0.136 e. The molecule has 1 aromatic heterocycles. The Morgan fingerprint density at radius 3 is 1.55 bits per heavy atom. The smallest absolute Gasteiger partial charge is 0.136 e. The largest absolute Gasteiger partial charge is 0.456 e. The molecule has 0 fully saturated rings. The van der Waals surface area contributed by atoms with E-state index in [0.29, 0.717) is 0 Å². The summed E-state index contributed by atoms with van der Waals surface area (Å²) in [4.78, 5) is 2.49. The first-order valence-corrected chi connectivity index (χ1v) is 23.1. The molecule has 2 nitrogen and oxygen atoms in total. The number of benzene rings is 10. The first-order valence-electron chi connectivity index (χ1n) is 23.1.